The molecule has 0 fully saturated rings. The van der Waals surface area contributed by atoms with E-state index >= 15 is 0 Å². The topological polar surface area (TPSA) is 82.0 Å². The number of nitrogens with zero attached hydrogens (tertiary/aromatic N) is 1. The maximum atomic E-state index is 11.7. The van der Waals surface area contributed by atoms with Gasteiger partial charge < -0.3 is 10.6 Å². The summed E-state index contributed by atoms with van der Waals surface area (Å²) >= 11 is 0. The van der Waals surface area contributed by atoms with Gasteiger partial charge in [0.25, 0.3) is 10.9 Å². The van der Waals surface area contributed by atoms with Crippen LogP contribution in [-0.4, -0.2) is 6.04 Å². The van der Waals surface area contributed by atoms with Gasteiger partial charge in [-0.25, -0.2) is 0 Å². The molecule has 0 saturated carbocycles. The lowest BCUT2D eigenvalue weighted by molar-refractivity contribution is 0.670. The van der Waals surface area contributed by atoms with Gasteiger partial charge in [0.2, 0.25) is 0 Å². The summed E-state index contributed by atoms with van der Waals surface area (Å²) in [7, 11) is 0. The van der Waals surface area contributed by atoms with Gasteiger partial charge in [0.1, 0.15) is 11.4 Å². The Bertz CT molecular complexity index is 746. The molecule has 0 aliphatic heterocycles. The predicted molar refractivity (Wildman–Crippen MR) is 87.8 cm³/mol. The second-order valence-electron chi connectivity index (χ2n) is 5.23. The summed E-state index contributed by atoms with van der Waals surface area (Å²) in [4.78, 5) is 23.4. The number of nitrogens with one attached hydrogen (secondary N) is 2. The Labute approximate surface area is 129 Å². The molecule has 2 N–H and O–H groups in total. The predicted octanol–water partition coefficient (Wildman–Crippen LogP) is 2.37. The van der Waals surface area contributed by atoms with E-state index in [9.17, 15) is 9.59 Å². The summed E-state index contributed by atoms with van der Waals surface area (Å²) in [5.74, 6) is 0. The average molecular weight is 297 g/mol. The van der Waals surface area contributed by atoms with Gasteiger partial charge in [-0.1, -0.05) is 26.0 Å². The Balaban J connectivity index is 2.07. The van der Waals surface area contributed by atoms with E-state index in [1.807, 2.05) is 26.0 Å². The Hall–Kier alpha value is -2.61. The van der Waals surface area contributed by atoms with Gasteiger partial charge in [0.15, 0.2) is 0 Å². The molecule has 5 nitrogen and oxygen atoms in total. The summed E-state index contributed by atoms with van der Waals surface area (Å²) < 4.78 is 0. The first-order valence-electron chi connectivity index (χ1n) is 7.43. The minimum atomic E-state index is -0.470. The lowest BCUT2D eigenvalue weighted by atomic mass is 10.1. The van der Waals surface area contributed by atoms with Crippen LogP contribution in [0.5, 0.6) is 0 Å². The van der Waals surface area contributed by atoms with Crippen molar-refractivity contribution in [2.24, 2.45) is 0 Å². The number of benzene rings is 1. The smallest absolute Gasteiger partial charge is 0.253 e. The highest BCUT2D eigenvalue weighted by molar-refractivity contribution is 5.74. The highest BCUT2D eigenvalue weighted by atomic mass is 16.2. The van der Waals surface area contributed by atoms with Crippen LogP contribution >= 0.6 is 0 Å². The maximum absolute atomic E-state index is 11.7. The largest absolute Gasteiger partial charge is 0.377 e. The second-order valence-corrected chi connectivity index (χ2v) is 5.23. The van der Waals surface area contributed by atoms with E-state index in [0.717, 1.165) is 18.4 Å². The van der Waals surface area contributed by atoms with Crippen molar-refractivity contribution in [3.8, 4) is 6.07 Å². The summed E-state index contributed by atoms with van der Waals surface area (Å²) in [5.41, 5.74) is 1.37. The Morgan fingerprint density at radius 3 is 2.18 bits per heavy atom. The van der Waals surface area contributed by atoms with Gasteiger partial charge in [-0.15, -0.1) is 0 Å². The summed E-state index contributed by atoms with van der Waals surface area (Å²) in [6.07, 6.45) is 1.79. The van der Waals surface area contributed by atoms with Crippen LogP contribution in [0, 0.1) is 11.3 Å². The van der Waals surface area contributed by atoms with Gasteiger partial charge in [0.05, 0.1) is 11.6 Å². The molecule has 0 aliphatic rings. The van der Waals surface area contributed by atoms with Gasteiger partial charge >= 0.3 is 0 Å². The normalized spacial score (nSPS) is 10.6. The van der Waals surface area contributed by atoms with E-state index < -0.39 is 10.9 Å². The molecule has 0 unspecified atom stereocenters. The molecule has 22 heavy (non-hydrogen) atoms. The number of rotatable bonds is 7. The lowest BCUT2D eigenvalue weighted by Gasteiger charge is -2.20. The van der Waals surface area contributed by atoms with E-state index in [4.69, 9.17) is 5.26 Å². The van der Waals surface area contributed by atoms with Crippen molar-refractivity contribution in [2.45, 2.75) is 39.3 Å². The Morgan fingerprint density at radius 1 is 1.05 bits per heavy atom. The summed E-state index contributed by atoms with van der Waals surface area (Å²) in [6.45, 7) is 4.52. The van der Waals surface area contributed by atoms with Crippen molar-refractivity contribution >= 4 is 11.4 Å². The van der Waals surface area contributed by atoms with Gasteiger partial charge in [-0.2, -0.15) is 5.26 Å². The van der Waals surface area contributed by atoms with Gasteiger partial charge in [-0.05, 0) is 30.5 Å². The van der Waals surface area contributed by atoms with Crippen molar-refractivity contribution in [1.29, 1.82) is 5.26 Å². The molecule has 0 spiro atoms. The number of anilines is 2. The molecule has 0 atom stereocenters. The van der Waals surface area contributed by atoms with E-state index in [0.29, 0.717) is 23.5 Å². The van der Waals surface area contributed by atoms with Crippen LogP contribution < -0.4 is 21.5 Å². The van der Waals surface area contributed by atoms with Crippen molar-refractivity contribution < 1.29 is 0 Å². The van der Waals surface area contributed by atoms with Gasteiger partial charge in [0, 0.05) is 12.6 Å². The highest BCUT2D eigenvalue weighted by Crippen LogP contribution is 2.18. The third-order valence-electron chi connectivity index (χ3n) is 3.80. The van der Waals surface area contributed by atoms with Crippen molar-refractivity contribution in [3.63, 3.8) is 0 Å². The van der Waals surface area contributed by atoms with Crippen LogP contribution in [0.4, 0.5) is 11.4 Å². The van der Waals surface area contributed by atoms with E-state index in [1.165, 1.54) is 0 Å². The van der Waals surface area contributed by atoms with Crippen LogP contribution in [0.1, 0.15) is 37.8 Å². The molecule has 0 amide bonds. The minimum absolute atomic E-state index is 0.193. The number of nitriles is 1. The van der Waals surface area contributed by atoms with E-state index in [1.54, 1.807) is 12.1 Å². The van der Waals surface area contributed by atoms with Gasteiger partial charge in [-0.3, -0.25) is 9.59 Å². The molecule has 0 radical (unpaired) electrons. The van der Waals surface area contributed by atoms with E-state index in [2.05, 4.69) is 16.7 Å². The fourth-order valence-corrected chi connectivity index (χ4v) is 2.28. The molecule has 2 rings (SSSR count). The number of hydrogen-bond donors (Lipinski definition) is 2. The Kier molecular flexibility index (Phi) is 4.95. The molecular weight excluding hydrogens is 278 g/mol. The van der Waals surface area contributed by atoms with Crippen LogP contribution in [-0.2, 0) is 6.54 Å². The fraction of sp³-hybridized carbons (Fsp3) is 0.353. The van der Waals surface area contributed by atoms with Crippen molar-refractivity contribution in [2.75, 3.05) is 10.6 Å². The van der Waals surface area contributed by atoms with Crippen LogP contribution in [0.2, 0.25) is 0 Å². The van der Waals surface area contributed by atoms with Crippen molar-refractivity contribution in [3.05, 3.63) is 55.8 Å². The van der Waals surface area contributed by atoms with Crippen LogP contribution in [0.25, 0.3) is 0 Å². The van der Waals surface area contributed by atoms with E-state index in [-0.39, 0.29) is 6.04 Å². The quantitative estimate of drug-likeness (QED) is 0.767. The van der Waals surface area contributed by atoms with Crippen LogP contribution in [0.15, 0.2) is 33.9 Å². The molecule has 0 aliphatic carbocycles. The molecule has 0 saturated heterocycles. The zero-order valence-corrected chi connectivity index (χ0v) is 12.8. The molecule has 0 heterocycles. The SMILES string of the molecule is CCC(CC)Nc1c(NCc2ccc(C#N)cc2)c(=O)c1=O. The third kappa shape index (κ3) is 3.17. The summed E-state index contributed by atoms with van der Waals surface area (Å²) in [6, 6.07) is 9.35. The average Bonchev–Trinajstić information content (AvgIpc) is 2.57. The summed E-state index contributed by atoms with van der Waals surface area (Å²) in [5, 5.41) is 14.9. The monoisotopic (exact) mass is 297 g/mol. The third-order valence-corrected chi connectivity index (χ3v) is 3.80. The van der Waals surface area contributed by atoms with Crippen LogP contribution in [0.3, 0.4) is 0 Å². The first-order chi connectivity index (χ1) is 10.6. The molecule has 0 aromatic heterocycles. The fourth-order valence-electron chi connectivity index (χ4n) is 2.28. The zero-order valence-electron chi connectivity index (χ0n) is 12.8. The first kappa shape index (κ1) is 15.8. The van der Waals surface area contributed by atoms with Crippen molar-refractivity contribution in [1.82, 2.24) is 0 Å². The maximum Gasteiger partial charge on any atom is 0.253 e. The zero-order chi connectivity index (χ0) is 16.1. The first-order valence-corrected chi connectivity index (χ1v) is 7.43. The number of hydrogen-bond acceptors (Lipinski definition) is 5. The standard InChI is InChI=1S/C17H19N3O2/c1-3-13(4-2)20-15-14(16(21)17(15)22)19-10-12-7-5-11(9-18)6-8-12/h5-8,13,19-20H,3-4,10H2,1-2H3. The molecule has 2 aromatic carbocycles. The molecule has 0 bridgehead atoms. The molecule has 114 valence electrons. The molecule has 5 heteroatoms. The Morgan fingerprint density at radius 2 is 1.64 bits per heavy atom. The highest BCUT2D eigenvalue weighted by Gasteiger charge is 2.22. The second kappa shape index (κ2) is 6.90. The minimum Gasteiger partial charge on any atom is -0.377 e. The molecule has 2 aromatic rings. The molecular formula is C17H19N3O2. The lowest BCUT2D eigenvalue weighted by Crippen LogP contribution is -2.39.